The van der Waals surface area contributed by atoms with Gasteiger partial charge in [-0.25, -0.2) is 3.93 Å². The van der Waals surface area contributed by atoms with E-state index in [1.807, 2.05) is 6.07 Å². The minimum atomic E-state index is -0.967. The van der Waals surface area contributed by atoms with E-state index in [-0.39, 0.29) is 12.3 Å². The van der Waals surface area contributed by atoms with E-state index in [4.69, 9.17) is 5.11 Å². The van der Waals surface area contributed by atoms with Crippen molar-refractivity contribution in [2.24, 2.45) is 0 Å². The van der Waals surface area contributed by atoms with Crippen LogP contribution in [0.2, 0.25) is 0 Å². The zero-order valence-corrected chi connectivity index (χ0v) is 9.27. The molecular formula is C10H8BrNO3. The molecule has 1 heterocycles. The second-order valence-electron chi connectivity index (χ2n) is 3.33. The van der Waals surface area contributed by atoms with Gasteiger partial charge in [0.05, 0.1) is 34.2 Å². The SMILES string of the molecule is O=C(O)CC1C(=O)N(Br)c2ccccc21. The lowest BCUT2D eigenvalue weighted by Crippen LogP contribution is -2.20. The van der Waals surface area contributed by atoms with Crippen molar-refractivity contribution in [2.75, 3.05) is 3.93 Å². The third-order valence-electron chi connectivity index (χ3n) is 2.39. The zero-order valence-electron chi connectivity index (χ0n) is 7.68. The molecule has 2 rings (SSSR count). The van der Waals surface area contributed by atoms with Crippen molar-refractivity contribution in [2.45, 2.75) is 12.3 Å². The second-order valence-corrected chi connectivity index (χ2v) is 4.04. The normalized spacial score (nSPS) is 19.1. The highest BCUT2D eigenvalue weighted by atomic mass is 79.9. The Morgan fingerprint density at radius 2 is 2.13 bits per heavy atom. The van der Waals surface area contributed by atoms with Gasteiger partial charge in [0.25, 0.3) is 0 Å². The molecule has 1 N–H and O–H groups in total. The topological polar surface area (TPSA) is 57.6 Å². The number of para-hydroxylation sites is 1. The zero-order chi connectivity index (χ0) is 11.0. The van der Waals surface area contributed by atoms with Crippen LogP contribution in [0.15, 0.2) is 24.3 Å². The maximum absolute atomic E-state index is 11.7. The van der Waals surface area contributed by atoms with Crippen LogP contribution in [0.3, 0.4) is 0 Å². The van der Waals surface area contributed by atoms with Crippen LogP contribution < -0.4 is 3.93 Å². The van der Waals surface area contributed by atoms with Gasteiger partial charge in [-0.2, -0.15) is 0 Å². The van der Waals surface area contributed by atoms with Crippen molar-refractivity contribution in [3.05, 3.63) is 29.8 Å². The molecule has 0 aromatic heterocycles. The summed E-state index contributed by atoms with van der Waals surface area (Å²) in [7, 11) is 0. The van der Waals surface area contributed by atoms with E-state index in [0.717, 1.165) is 11.3 Å². The first-order chi connectivity index (χ1) is 7.11. The fraction of sp³-hybridized carbons (Fsp3) is 0.200. The Morgan fingerprint density at radius 1 is 1.47 bits per heavy atom. The molecule has 15 heavy (non-hydrogen) atoms. The van der Waals surface area contributed by atoms with Crippen LogP contribution in [0.25, 0.3) is 0 Å². The molecule has 1 aromatic carbocycles. The Bertz CT molecular complexity index is 432. The summed E-state index contributed by atoms with van der Waals surface area (Å²) in [6.45, 7) is 0. The molecule has 0 spiro atoms. The summed E-state index contributed by atoms with van der Waals surface area (Å²) in [5.74, 6) is -1.76. The van der Waals surface area contributed by atoms with Crippen molar-refractivity contribution >= 4 is 33.7 Å². The number of hydrogen-bond acceptors (Lipinski definition) is 2. The average molecular weight is 270 g/mol. The van der Waals surface area contributed by atoms with Crippen LogP contribution in [0, 0.1) is 0 Å². The number of fused-ring (bicyclic) bond motifs is 1. The molecule has 1 aliphatic heterocycles. The van der Waals surface area contributed by atoms with Gasteiger partial charge in [-0.15, -0.1) is 0 Å². The number of carbonyl (C=O) groups excluding carboxylic acids is 1. The van der Waals surface area contributed by atoms with Crippen LogP contribution in [-0.4, -0.2) is 17.0 Å². The van der Waals surface area contributed by atoms with Crippen LogP contribution in [0.4, 0.5) is 5.69 Å². The molecule has 0 radical (unpaired) electrons. The van der Waals surface area contributed by atoms with E-state index < -0.39 is 11.9 Å². The molecule has 5 heteroatoms. The number of carboxylic acid groups (broad SMARTS) is 1. The first-order valence-electron chi connectivity index (χ1n) is 4.41. The van der Waals surface area contributed by atoms with Gasteiger partial charge >= 0.3 is 5.97 Å². The smallest absolute Gasteiger partial charge is 0.304 e. The molecule has 1 atom stereocenters. The van der Waals surface area contributed by atoms with Crippen molar-refractivity contribution in [1.29, 1.82) is 0 Å². The highest BCUT2D eigenvalue weighted by Crippen LogP contribution is 2.40. The Morgan fingerprint density at radius 3 is 2.80 bits per heavy atom. The first-order valence-corrected chi connectivity index (χ1v) is 5.12. The maximum Gasteiger partial charge on any atom is 0.304 e. The lowest BCUT2D eigenvalue weighted by Gasteiger charge is -2.06. The molecule has 4 nitrogen and oxygen atoms in total. The number of anilines is 1. The predicted molar refractivity (Wildman–Crippen MR) is 57.8 cm³/mol. The minimum Gasteiger partial charge on any atom is -0.481 e. The van der Waals surface area contributed by atoms with Crippen LogP contribution >= 0.6 is 16.1 Å². The standard InChI is InChI=1S/C10H8BrNO3/c11-12-8-4-2-1-3-6(8)7(10(12)15)5-9(13)14/h1-4,7H,5H2,(H,13,14). The third-order valence-corrected chi connectivity index (χ3v) is 3.13. The summed E-state index contributed by atoms with van der Waals surface area (Å²) in [5, 5.41) is 8.72. The Kier molecular flexibility index (Phi) is 2.48. The lowest BCUT2D eigenvalue weighted by atomic mass is 9.97. The molecule has 0 fully saturated rings. The third kappa shape index (κ3) is 1.63. The Labute approximate surface area is 94.8 Å². The Hall–Kier alpha value is -1.36. The van der Waals surface area contributed by atoms with Gasteiger partial charge in [-0.1, -0.05) is 18.2 Å². The summed E-state index contributed by atoms with van der Waals surface area (Å²) in [6, 6.07) is 7.17. The molecule has 0 bridgehead atoms. The molecule has 0 saturated heterocycles. The van der Waals surface area contributed by atoms with E-state index in [1.165, 1.54) is 3.93 Å². The van der Waals surface area contributed by atoms with Crippen molar-refractivity contribution in [1.82, 2.24) is 0 Å². The summed E-state index contributed by atoms with van der Waals surface area (Å²) < 4.78 is 1.33. The van der Waals surface area contributed by atoms with E-state index in [1.54, 1.807) is 18.2 Å². The summed E-state index contributed by atoms with van der Waals surface area (Å²) in [4.78, 5) is 22.3. The minimum absolute atomic E-state index is 0.169. The van der Waals surface area contributed by atoms with Crippen LogP contribution in [0.1, 0.15) is 17.9 Å². The number of hydrogen-bond donors (Lipinski definition) is 1. The molecular weight excluding hydrogens is 262 g/mol. The first kappa shape index (κ1) is 10.2. The molecule has 0 aliphatic carbocycles. The molecule has 78 valence electrons. The molecule has 1 unspecified atom stereocenters. The van der Waals surface area contributed by atoms with E-state index in [2.05, 4.69) is 16.1 Å². The average Bonchev–Trinajstić information content (AvgIpc) is 2.44. The number of aliphatic carboxylic acids is 1. The molecule has 0 saturated carbocycles. The monoisotopic (exact) mass is 269 g/mol. The van der Waals surface area contributed by atoms with Gasteiger partial charge in [0.1, 0.15) is 0 Å². The van der Waals surface area contributed by atoms with Crippen LogP contribution in [0.5, 0.6) is 0 Å². The number of rotatable bonds is 2. The van der Waals surface area contributed by atoms with Gasteiger partial charge in [0, 0.05) is 0 Å². The summed E-state index contributed by atoms with van der Waals surface area (Å²) in [6.07, 6.45) is -0.169. The summed E-state index contributed by atoms with van der Waals surface area (Å²) >= 11 is 3.12. The number of benzene rings is 1. The van der Waals surface area contributed by atoms with E-state index in [9.17, 15) is 9.59 Å². The molecule has 1 amide bonds. The van der Waals surface area contributed by atoms with Crippen molar-refractivity contribution in [3.63, 3.8) is 0 Å². The second kappa shape index (κ2) is 3.66. The highest BCUT2D eigenvalue weighted by molar-refractivity contribution is 9.10. The van der Waals surface area contributed by atoms with Gasteiger partial charge in [0.2, 0.25) is 5.91 Å². The molecule has 1 aromatic rings. The quantitative estimate of drug-likeness (QED) is 0.835. The number of amides is 1. The van der Waals surface area contributed by atoms with Crippen molar-refractivity contribution < 1.29 is 14.7 Å². The maximum atomic E-state index is 11.7. The Balaban J connectivity index is 2.42. The van der Waals surface area contributed by atoms with Gasteiger partial charge in [-0.3, -0.25) is 9.59 Å². The summed E-state index contributed by atoms with van der Waals surface area (Å²) in [5.41, 5.74) is 1.50. The number of nitrogens with zero attached hydrogens (tertiary/aromatic N) is 1. The van der Waals surface area contributed by atoms with Crippen molar-refractivity contribution in [3.8, 4) is 0 Å². The lowest BCUT2D eigenvalue weighted by molar-refractivity contribution is -0.139. The van der Waals surface area contributed by atoms with Gasteiger partial charge in [-0.05, 0) is 11.6 Å². The number of halogens is 1. The molecule has 1 aliphatic rings. The van der Waals surface area contributed by atoms with Crippen LogP contribution in [-0.2, 0) is 9.59 Å². The van der Waals surface area contributed by atoms with E-state index >= 15 is 0 Å². The van der Waals surface area contributed by atoms with Gasteiger partial charge in [0.15, 0.2) is 0 Å². The fourth-order valence-corrected chi connectivity index (χ4v) is 2.29. The number of carboxylic acids is 1. The predicted octanol–water partition coefficient (Wildman–Crippen LogP) is 1.90. The highest BCUT2D eigenvalue weighted by Gasteiger charge is 2.37. The largest absolute Gasteiger partial charge is 0.481 e. The van der Waals surface area contributed by atoms with Gasteiger partial charge < -0.3 is 5.11 Å². The van der Waals surface area contributed by atoms with E-state index in [0.29, 0.717) is 0 Å². The number of carbonyl (C=O) groups is 2. The fourth-order valence-electron chi connectivity index (χ4n) is 1.72.